The first-order chi connectivity index (χ1) is 22.6. The molecule has 0 aliphatic heterocycles. The zero-order valence-electron chi connectivity index (χ0n) is 28.9. The van der Waals surface area contributed by atoms with Crippen molar-refractivity contribution in [2.24, 2.45) is 11.8 Å². The second kappa shape index (κ2) is 18.5. The lowest BCUT2D eigenvalue weighted by Gasteiger charge is -2.14. The van der Waals surface area contributed by atoms with E-state index in [9.17, 15) is 9.59 Å². The summed E-state index contributed by atoms with van der Waals surface area (Å²) >= 11 is 0. The minimum absolute atomic E-state index is 0. The van der Waals surface area contributed by atoms with Gasteiger partial charge in [0.1, 0.15) is 0 Å². The molecule has 4 aromatic carbocycles. The van der Waals surface area contributed by atoms with Gasteiger partial charge in [0.25, 0.3) is 0 Å². The lowest BCUT2D eigenvalue weighted by molar-refractivity contribution is -0.137. The van der Waals surface area contributed by atoms with Crippen molar-refractivity contribution in [2.75, 3.05) is 10.6 Å². The number of carbonyl (C=O) groups excluding carboxylic acids is 1. The average molecular weight is 703 g/mol. The van der Waals surface area contributed by atoms with E-state index >= 15 is 0 Å². The number of benzene rings is 4. The fourth-order valence-electron chi connectivity index (χ4n) is 6.07. The number of fused-ring (bicyclic) bond motifs is 1. The Morgan fingerprint density at radius 2 is 1.18 bits per heavy atom. The largest absolute Gasteiger partial charge is 0.481 e. The van der Waals surface area contributed by atoms with Crippen molar-refractivity contribution in [2.45, 2.75) is 73.0 Å². The molecule has 49 heavy (non-hydrogen) atoms. The monoisotopic (exact) mass is 701 g/mol. The van der Waals surface area contributed by atoms with E-state index in [0.29, 0.717) is 49.0 Å². The fourth-order valence-corrected chi connectivity index (χ4v) is 6.07. The summed E-state index contributed by atoms with van der Waals surface area (Å²) in [5, 5.41) is 17.1. The highest BCUT2D eigenvalue weighted by molar-refractivity contribution is 6.17. The summed E-state index contributed by atoms with van der Waals surface area (Å²) in [5.74, 6) is 0.338. The van der Waals surface area contributed by atoms with Crippen LogP contribution in [0.3, 0.4) is 0 Å². The van der Waals surface area contributed by atoms with Crippen LogP contribution in [0.15, 0.2) is 97.2 Å². The molecular weight excluding hydrogens is 653 g/mol. The number of aliphatic carboxylic acids is 1. The van der Waals surface area contributed by atoms with Gasteiger partial charge in [-0.2, -0.15) is 0 Å². The highest BCUT2D eigenvalue weighted by atomic mass is 35.5. The van der Waals surface area contributed by atoms with Crippen molar-refractivity contribution in [1.29, 1.82) is 0 Å². The molecule has 1 heterocycles. The smallest absolute Gasteiger partial charge is 0.303 e. The van der Waals surface area contributed by atoms with Gasteiger partial charge in [-0.05, 0) is 77.6 Å². The Bertz CT molecular complexity index is 1740. The lowest BCUT2D eigenvalue weighted by Crippen LogP contribution is -2.07. The number of rotatable bonds is 16. The number of ketones is 1. The average Bonchev–Trinajstić information content (AvgIpc) is 3.41. The van der Waals surface area contributed by atoms with E-state index in [1.54, 1.807) is 0 Å². The van der Waals surface area contributed by atoms with E-state index in [-0.39, 0.29) is 37.0 Å². The van der Waals surface area contributed by atoms with Crippen molar-refractivity contribution >= 4 is 58.8 Å². The maximum atomic E-state index is 14.2. The van der Waals surface area contributed by atoms with Gasteiger partial charge < -0.3 is 20.3 Å². The number of para-hydroxylation sites is 1. The van der Waals surface area contributed by atoms with Crippen LogP contribution in [-0.2, 0) is 37.3 Å². The first kappa shape index (κ1) is 39.2. The summed E-state index contributed by atoms with van der Waals surface area (Å²) in [7, 11) is 0. The molecule has 0 aliphatic carbocycles. The van der Waals surface area contributed by atoms with Gasteiger partial charge in [0.15, 0.2) is 5.78 Å². The van der Waals surface area contributed by atoms with Gasteiger partial charge in [-0.1, -0.05) is 94.4 Å². The topological polar surface area (TPSA) is 83.4 Å². The summed E-state index contributed by atoms with van der Waals surface area (Å²) in [4.78, 5) is 25.3. The van der Waals surface area contributed by atoms with Crippen molar-refractivity contribution in [1.82, 2.24) is 4.57 Å². The maximum absolute atomic E-state index is 14.2. The number of aryl methyl sites for hydroxylation is 1. The SMILES string of the molecule is CC(C)Cc1ccc(CNc2cc(NCc3ccc(CC(C)C)cc3)cc(C(=O)c3cn(CCCC(=O)O)c4ccccc34)c2)cc1.Cl.Cl. The number of anilines is 2. The van der Waals surface area contributed by atoms with Gasteiger partial charge >= 0.3 is 5.97 Å². The van der Waals surface area contributed by atoms with Crippen LogP contribution in [0.2, 0.25) is 0 Å². The first-order valence-corrected chi connectivity index (χ1v) is 16.8. The number of carboxylic acids is 1. The first-order valence-electron chi connectivity index (χ1n) is 16.8. The number of nitrogens with one attached hydrogen (secondary N) is 2. The molecule has 0 saturated heterocycles. The Balaban J connectivity index is 0.00000325. The predicted octanol–water partition coefficient (Wildman–Crippen LogP) is 10.2. The van der Waals surface area contributed by atoms with Crippen LogP contribution >= 0.6 is 24.8 Å². The molecule has 0 atom stereocenters. The molecule has 1 aromatic heterocycles. The molecule has 5 rings (SSSR count). The number of aromatic nitrogens is 1. The molecule has 0 bridgehead atoms. The molecule has 6 nitrogen and oxygen atoms in total. The van der Waals surface area contributed by atoms with Crippen LogP contribution in [0.5, 0.6) is 0 Å². The Morgan fingerprint density at radius 1 is 0.694 bits per heavy atom. The molecule has 0 aliphatic rings. The number of nitrogens with zero attached hydrogens (tertiary/aromatic N) is 1. The minimum atomic E-state index is -0.819. The predicted molar refractivity (Wildman–Crippen MR) is 208 cm³/mol. The van der Waals surface area contributed by atoms with Crippen molar-refractivity contribution in [3.05, 3.63) is 131 Å². The van der Waals surface area contributed by atoms with E-state index in [4.69, 9.17) is 5.11 Å². The molecule has 260 valence electrons. The minimum Gasteiger partial charge on any atom is -0.481 e. The van der Waals surface area contributed by atoms with Crippen molar-refractivity contribution in [3.8, 4) is 0 Å². The van der Waals surface area contributed by atoms with Crippen LogP contribution in [0.4, 0.5) is 11.4 Å². The van der Waals surface area contributed by atoms with Crippen molar-refractivity contribution < 1.29 is 14.7 Å². The Morgan fingerprint density at radius 3 is 1.67 bits per heavy atom. The molecule has 8 heteroatoms. The van der Waals surface area contributed by atoms with Gasteiger partial charge in [0, 0.05) is 65.7 Å². The third-order valence-electron chi connectivity index (χ3n) is 8.35. The second-order valence-electron chi connectivity index (χ2n) is 13.4. The Hall–Kier alpha value is -4.26. The van der Waals surface area contributed by atoms with Crippen LogP contribution in [-0.4, -0.2) is 21.4 Å². The van der Waals surface area contributed by atoms with E-state index in [1.165, 1.54) is 22.3 Å². The van der Waals surface area contributed by atoms with E-state index in [0.717, 1.165) is 35.1 Å². The molecule has 0 unspecified atom stereocenters. The van der Waals surface area contributed by atoms with Crippen LogP contribution < -0.4 is 10.6 Å². The summed E-state index contributed by atoms with van der Waals surface area (Å²) in [6, 6.07) is 31.2. The van der Waals surface area contributed by atoms with Gasteiger partial charge in [-0.15, -0.1) is 24.8 Å². The molecule has 0 fully saturated rings. The zero-order valence-corrected chi connectivity index (χ0v) is 30.5. The third-order valence-corrected chi connectivity index (χ3v) is 8.35. The molecule has 5 aromatic rings. The summed E-state index contributed by atoms with van der Waals surface area (Å²) < 4.78 is 2.00. The second-order valence-corrected chi connectivity index (χ2v) is 13.4. The van der Waals surface area contributed by atoms with E-state index in [2.05, 4.69) is 92.9 Å². The fraction of sp³-hybridized carbons (Fsp3) is 0.317. The molecule has 0 amide bonds. The van der Waals surface area contributed by atoms with Gasteiger partial charge in [-0.3, -0.25) is 9.59 Å². The van der Waals surface area contributed by atoms with Crippen LogP contribution in [0.1, 0.15) is 78.7 Å². The quantitative estimate of drug-likeness (QED) is 0.0892. The van der Waals surface area contributed by atoms with Gasteiger partial charge in [-0.25, -0.2) is 0 Å². The summed E-state index contributed by atoms with van der Waals surface area (Å²) in [6.07, 6.45) is 4.57. The summed E-state index contributed by atoms with van der Waals surface area (Å²) in [5.41, 5.74) is 8.87. The molecular formula is C41H49Cl2N3O3. The third kappa shape index (κ3) is 11.1. The normalized spacial score (nSPS) is 10.9. The molecule has 3 N–H and O–H groups in total. The number of hydrogen-bond acceptors (Lipinski definition) is 4. The molecule has 0 radical (unpaired) electrons. The van der Waals surface area contributed by atoms with Gasteiger partial charge in [0.2, 0.25) is 0 Å². The number of carbonyl (C=O) groups is 2. The zero-order chi connectivity index (χ0) is 33.3. The highest BCUT2D eigenvalue weighted by Crippen LogP contribution is 2.28. The number of hydrogen-bond donors (Lipinski definition) is 3. The molecule has 0 saturated carbocycles. The molecule has 0 spiro atoms. The Kier molecular flexibility index (Phi) is 14.8. The number of halogens is 2. The highest BCUT2D eigenvalue weighted by Gasteiger charge is 2.18. The maximum Gasteiger partial charge on any atom is 0.303 e. The number of carboxylic acid groups (broad SMARTS) is 1. The van der Waals surface area contributed by atoms with Crippen molar-refractivity contribution in [3.63, 3.8) is 0 Å². The van der Waals surface area contributed by atoms with Gasteiger partial charge in [0.05, 0.1) is 0 Å². The van der Waals surface area contributed by atoms with E-state index < -0.39 is 5.97 Å². The lowest BCUT2D eigenvalue weighted by atomic mass is 10.0. The van der Waals surface area contributed by atoms with Crippen LogP contribution in [0, 0.1) is 11.8 Å². The van der Waals surface area contributed by atoms with Crippen LogP contribution in [0.25, 0.3) is 10.9 Å². The Labute approximate surface area is 303 Å². The van der Waals surface area contributed by atoms with E-state index in [1.807, 2.05) is 47.2 Å². The standard InChI is InChI=1S/C41H47N3O3.2ClH/c1-28(2)20-30-11-15-32(16-12-30)25-42-35-22-34(23-36(24-35)43-26-33-17-13-31(14-18-33)21-29(3)4)41(47)38-27-44(19-7-10-40(45)46)39-9-6-5-8-37(38)39;;/h5-6,8-9,11-18,22-24,27-29,42-43H,7,10,19-21,25-26H2,1-4H3,(H,45,46);2*1H. The summed E-state index contributed by atoms with van der Waals surface area (Å²) in [6.45, 7) is 10.7.